The van der Waals surface area contributed by atoms with E-state index in [2.05, 4.69) is 6.58 Å². The fourth-order valence-corrected chi connectivity index (χ4v) is 0.870. The van der Waals surface area contributed by atoms with Crippen LogP contribution in [0.5, 0.6) is 0 Å². The summed E-state index contributed by atoms with van der Waals surface area (Å²) in [5.74, 6) is -0.287. The normalized spacial score (nSPS) is 10.2. The first-order chi connectivity index (χ1) is 5.37. The van der Waals surface area contributed by atoms with Crippen molar-refractivity contribution < 1.29 is 26.4 Å². The summed E-state index contributed by atoms with van der Waals surface area (Å²) in [6.45, 7) is 6.49. The summed E-state index contributed by atoms with van der Waals surface area (Å²) in [6, 6.07) is 0. The molecule has 0 saturated heterocycles. The second-order valence-electron chi connectivity index (χ2n) is 3.77. The summed E-state index contributed by atoms with van der Waals surface area (Å²) < 4.78 is 5.49. The molecule has 0 aliphatic rings. The predicted octanol–water partition coefficient (Wildman–Crippen LogP) is -2.18. The molecule has 0 saturated carbocycles. The Morgan fingerprint density at radius 3 is 2.15 bits per heavy atom. The van der Waals surface area contributed by atoms with Crippen molar-refractivity contribution in [3.8, 4) is 0 Å². The lowest BCUT2D eigenvalue weighted by Crippen LogP contribution is -3.00. The van der Waals surface area contributed by atoms with E-state index in [1.54, 1.807) is 6.92 Å². The Morgan fingerprint density at radius 1 is 1.38 bits per heavy atom. The van der Waals surface area contributed by atoms with Gasteiger partial charge in [-0.05, 0) is 6.92 Å². The second kappa shape index (κ2) is 6.00. The van der Waals surface area contributed by atoms with Crippen LogP contribution in [0.1, 0.15) is 6.92 Å². The lowest BCUT2D eigenvalue weighted by molar-refractivity contribution is -0.865. The summed E-state index contributed by atoms with van der Waals surface area (Å²) >= 11 is 0. The number of carbonyl (C=O) groups excluding carboxylic acids is 1. The first kappa shape index (κ1) is 15.0. The zero-order valence-electron chi connectivity index (χ0n) is 8.76. The number of ether oxygens (including phenoxy) is 1. The van der Waals surface area contributed by atoms with Crippen LogP contribution >= 0.6 is 0 Å². The monoisotopic (exact) mass is 207 g/mol. The Hall–Kier alpha value is -0.540. The summed E-state index contributed by atoms with van der Waals surface area (Å²) in [5, 5.41) is 0. The highest BCUT2D eigenvalue weighted by Gasteiger charge is 2.16. The number of nitrogens with zero attached hydrogens (tertiary/aromatic N) is 1. The number of hydrogen-bond donors (Lipinski definition) is 0. The third-order valence-electron chi connectivity index (χ3n) is 1.23. The molecule has 0 heterocycles. The van der Waals surface area contributed by atoms with Gasteiger partial charge in [0.15, 0.2) is 0 Å². The number of carbonyl (C=O) groups is 1. The van der Waals surface area contributed by atoms with Crippen molar-refractivity contribution in [3.63, 3.8) is 0 Å². The van der Waals surface area contributed by atoms with Crippen LogP contribution in [0.2, 0.25) is 0 Å². The summed E-state index contributed by atoms with van der Waals surface area (Å²) in [5.41, 5.74) is 0.532. The Bertz CT molecular complexity index is 185. The van der Waals surface area contributed by atoms with Gasteiger partial charge in [0.2, 0.25) is 0 Å². The van der Waals surface area contributed by atoms with E-state index in [1.807, 2.05) is 21.1 Å². The quantitative estimate of drug-likeness (QED) is 0.298. The minimum Gasteiger partial charge on any atom is -1.00 e. The smallest absolute Gasteiger partial charge is 0.339 e. The van der Waals surface area contributed by atoms with E-state index in [0.717, 1.165) is 0 Å². The summed E-state index contributed by atoms with van der Waals surface area (Å²) in [7, 11) is 6.01. The second-order valence-corrected chi connectivity index (χ2v) is 3.77. The molecule has 0 amide bonds. The van der Waals surface area contributed by atoms with Gasteiger partial charge in [-0.15, -0.1) is 0 Å². The molecule has 0 radical (unpaired) electrons. The SMILES string of the molecule is C=C(C[N+](C)(C)C)C(=O)OCC.[Cl-]. The molecular weight excluding hydrogens is 190 g/mol. The molecular formula is C9H18ClNO2. The van der Waals surface area contributed by atoms with Crippen molar-refractivity contribution in [2.24, 2.45) is 0 Å². The van der Waals surface area contributed by atoms with Gasteiger partial charge in [-0.2, -0.15) is 0 Å². The van der Waals surface area contributed by atoms with E-state index >= 15 is 0 Å². The van der Waals surface area contributed by atoms with Crippen molar-refractivity contribution in [1.82, 2.24) is 0 Å². The number of halogens is 1. The zero-order chi connectivity index (χ0) is 9.78. The molecule has 0 spiro atoms. The van der Waals surface area contributed by atoms with E-state index < -0.39 is 0 Å². The van der Waals surface area contributed by atoms with Crippen molar-refractivity contribution in [2.75, 3.05) is 34.3 Å². The van der Waals surface area contributed by atoms with E-state index in [1.165, 1.54) is 0 Å². The maximum Gasteiger partial charge on any atom is 0.339 e. The van der Waals surface area contributed by atoms with Gasteiger partial charge in [0, 0.05) is 0 Å². The molecule has 0 fully saturated rings. The number of rotatable bonds is 4. The average Bonchev–Trinajstić information content (AvgIpc) is 1.84. The molecule has 13 heavy (non-hydrogen) atoms. The topological polar surface area (TPSA) is 26.3 Å². The third-order valence-corrected chi connectivity index (χ3v) is 1.23. The maximum atomic E-state index is 11.1. The van der Waals surface area contributed by atoms with Gasteiger partial charge >= 0.3 is 5.97 Å². The molecule has 0 aromatic rings. The molecule has 0 bridgehead atoms. The van der Waals surface area contributed by atoms with Crippen LogP contribution in [0.3, 0.4) is 0 Å². The fourth-order valence-electron chi connectivity index (χ4n) is 0.870. The van der Waals surface area contributed by atoms with E-state index in [-0.39, 0.29) is 18.4 Å². The van der Waals surface area contributed by atoms with Gasteiger partial charge in [0.05, 0.1) is 33.3 Å². The molecule has 3 nitrogen and oxygen atoms in total. The van der Waals surface area contributed by atoms with Crippen molar-refractivity contribution in [3.05, 3.63) is 12.2 Å². The molecule has 0 unspecified atom stereocenters. The van der Waals surface area contributed by atoms with E-state index in [0.29, 0.717) is 23.2 Å². The maximum absolute atomic E-state index is 11.1. The highest BCUT2D eigenvalue weighted by atomic mass is 35.5. The lowest BCUT2D eigenvalue weighted by Gasteiger charge is -2.23. The van der Waals surface area contributed by atoms with E-state index in [4.69, 9.17) is 4.74 Å². The largest absolute Gasteiger partial charge is 1.00 e. The summed E-state index contributed by atoms with van der Waals surface area (Å²) in [4.78, 5) is 11.1. The fraction of sp³-hybridized carbons (Fsp3) is 0.667. The Kier molecular flexibility index (Phi) is 6.90. The van der Waals surface area contributed by atoms with Crippen LogP contribution < -0.4 is 12.4 Å². The first-order valence-electron chi connectivity index (χ1n) is 4.02. The Balaban J connectivity index is 0. The van der Waals surface area contributed by atoms with Gasteiger partial charge in [0.1, 0.15) is 6.54 Å². The zero-order valence-corrected chi connectivity index (χ0v) is 9.52. The molecule has 0 aliphatic heterocycles. The van der Waals surface area contributed by atoms with Gasteiger partial charge in [-0.1, -0.05) is 6.58 Å². The van der Waals surface area contributed by atoms with Gasteiger partial charge in [-0.3, -0.25) is 0 Å². The highest BCUT2D eigenvalue weighted by Crippen LogP contribution is 2.01. The number of likely N-dealkylation sites (N-methyl/N-ethyl adjacent to an activating group) is 1. The predicted molar refractivity (Wildman–Crippen MR) is 48.7 cm³/mol. The molecule has 0 aromatic carbocycles. The molecule has 78 valence electrons. The minimum atomic E-state index is -0.287. The van der Waals surface area contributed by atoms with Crippen LogP contribution in [0.15, 0.2) is 12.2 Å². The molecule has 0 N–H and O–H groups in total. The number of esters is 1. The standard InChI is InChI=1S/C9H18NO2.ClH/c1-6-12-9(11)8(2)7-10(3,4)5;/h2,6-7H2,1,3-5H3;1H/q+1;/p-1. The van der Waals surface area contributed by atoms with Crippen LogP contribution in [-0.2, 0) is 9.53 Å². The minimum absolute atomic E-state index is 0. The number of quaternary nitrogens is 1. The summed E-state index contributed by atoms with van der Waals surface area (Å²) in [6.07, 6.45) is 0. The van der Waals surface area contributed by atoms with Gasteiger partial charge in [-0.25, -0.2) is 4.79 Å². The number of hydrogen-bond acceptors (Lipinski definition) is 2. The molecule has 4 heteroatoms. The first-order valence-corrected chi connectivity index (χ1v) is 4.02. The van der Waals surface area contributed by atoms with Crippen LogP contribution in [0.4, 0.5) is 0 Å². The average molecular weight is 208 g/mol. The van der Waals surface area contributed by atoms with Gasteiger partial charge < -0.3 is 21.6 Å². The lowest BCUT2D eigenvalue weighted by atomic mass is 10.3. The third kappa shape index (κ3) is 7.81. The molecule has 0 aliphatic carbocycles. The van der Waals surface area contributed by atoms with Crippen molar-refractivity contribution >= 4 is 5.97 Å². The van der Waals surface area contributed by atoms with Crippen LogP contribution in [0.25, 0.3) is 0 Å². The van der Waals surface area contributed by atoms with Crippen molar-refractivity contribution in [1.29, 1.82) is 0 Å². The van der Waals surface area contributed by atoms with Gasteiger partial charge in [0.25, 0.3) is 0 Å². The Morgan fingerprint density at radius 2 is 1.85 bits per heavy atom. The Labute approximate surface area is 86.4 Å². The molecule has 0 aromatic heterocycles. The van der Waals surface area contributed by atoms with E-state index in [9.17, 15) is 4.79 Å². The highest BCUT2D eigenvalue weighted by molar-refractivity contribution is 5.87. The molecule has 0 atom stereocenters. The van der Waals surface area contributed by atoms with Crippen LogP contribution in [-0.4, -0.2) is 44.7 Å². The molecule has 0 rings (SSSR count). The van der Waals surface area contributed by atoms with Crippen molar-refractivity contribution in [2.45, 2.75) is 6.92 Å². The van der Waals surface area contributed by atoms with Crippen LogP contribution in [0, 0.1) is 0 Å².